The first-order valence-corrected chi connectivity index (χ1v) is 5.13. The summed E-state index contributed by atoms with van der Waals surface area (Å²) in [5, 5.41) is 9.27. The Morgan fingerprint density at radius 3 is 1.92 bits per heavy atom. The highest BCUT2D eigenvalue weighted by molar-refractivity contribution is 5.83. The van der Waals surface area contributed by atoms with Gasteiger partial charge in [0.1, 0.15) is 5.78 Å². The maximum atomic E-state index is 11.7. The van der Waals surface area contributed by atoms with Crippen LogP contribution in [0.15, 0.2) is 0 Å². The average molecular weight is 186 g/mol. The van der Waals surface area contributed by atoms with Gasteiger partial charge >= 0.3 is 0 Å². The van der Waals surface area contributed by atoms with Gasteiger partial charge in [-0.25, -0.2) is 0 Å². The molecular formula is C11H22O2. The number of aliphatic hydroxyl groups excluding tert-OH is 1. The standard InChI is InChI=1S/C11H22O2/c1-6-7(2)8(3)11(13)9(4)10(5)12/h7-10,12H,6H2,1-5H3/t7-,8-,9?,10+/m1/s1. The van der Waals surface area contributed by atoms with E-state index in [9.17, 15) is 9.90 Å². The molecule has 0 heterocycles. The molecule has 0 aromatic carbocycles. The zero-order valence-corrected chi connectivity index (χ0v) is 9.37. The van der Waals surface area contributed by atoms with Gasteiger partial charge in [-0.2, -0.15) is 0 Å². The van der Waals surface area contributed by atoms with Crippen LogP contribution in [-0.2, 0) is 4.79 Å². The van der Waals surface area contributed by atoms with Gasteiger partial charge in [-0.3, -0.25) is 4.79 Å². The molecule has 0 aliphatic heterocycles. The number of Topliss-reactive ketones (excluding diaryl/α,β-unsaturated/α-hetero) is 1. The minimum absolute atomic E-state index is 0.0644. The van der Waals surface area contributed by atoms with Gasteiger partial charge in [0.2, 0.25) is 0 Å². The molecule has 0 aromatic rings. The van der Waals surface area contributed by atoms with Gasteiger partial charge in [-0.15, -0.1) is 0 Å². The summed E-state index contributed by atoms with van der Waals surface area (Å²) in [6, 6.07) is 0. The van der Waals surface area contributed by atoms with Crippen molar-refractivity contribution in [2.24, 2.45) is 17.8 Å². The predicted molar refractivity (Wildman–Crippen MR) is 54.5 cm³/mol. The van der Waals surface area contributed by atoms with Crippen LogP contribution in [0.2, 0.25) is 0 Å². The van der Waals surface area contributed by atoms with Crippen LogP contribution in [0.4, 0.5) is 0 Å². The average Bonchev–Trinajstić information content (AvgIpc) is 2.12. The minimum Gasteiger partial charge on any atom is -0.393 e. The molecule has 0 spiro atoms. The van der Waals surface area contributed by atoms with Gasteiger partial charge in [0, 0.05) is 11.8 Å². The van der Waals surface area contributed by atoms with Crippen LogP contribution in [0, 0.1) is 17.8 Å². The molecule has 0 saturated heterocycles. The molecule has 0 aliphatic rings. The number of hydrogen-bond acceptors (Lipinski definition) is 2. The Hall–Kier alpha value is -0.370. The van der Waals surface area contributed by atoms with Crippen LogP contribution in [0.5, 0.6) is 0 Å². The van der Waals surface area contributed by atoms with Gasteiger partial charge < -0.3 is 5.11 Å². The molecule has 1 unspecified atom stereocenters. The molecule has 0 bridgehead atoms. The van der Waals surface area contributed by atoms with Crippen molar-refractivity contribution in [3.8, 4) is 0 Å². The summed E-state index contributed by atoms with van der Waals surface area (Å²) < 4.78 is 0. The van der Waals surface area contributed by atoms with E-state index in [-0.39, 0.29) is 17.6 Å². The zero-order chi connectivity index (χ0) is 10.6. The summed E-state index contributed by atoms with van der Waals surface area (Å²) in [5.41, 5.74) is 0. The fourth-order valence-electron chi connectivity index (χ4n) is 1.29. The van der Waals surface area contributed by atoms with E-state index in [1.165, 1.54) is 0 Å². The molecule has 1 N–H and O–H groups in total. The van der Waals surface area contributed by atoms with Crippen molar-refractivity contribution in [2.45, 2.75) is 47.1 Å². The fraction of sp³-hybridized carbons (Fsp3) is 0.909. The lowest BCUT2D eigenvalue weighted by molar-refractivity contribution is -0.130. The molecule has 0 aliphatic carbocycles. The third-order valence-electron chi connectivity index (χ3n) is 3.12. The van der Waals surface area contributed by atoms with Crippen LogP contribution in [0.25, 0.3) is 0 Å². The van der Waals surface area contributed by atoms with Crippen LogP contribution < -0.4 is 0 Å². The van der Waals surface area contributed by atoms with E-state index in [0.29, 0.717) is 5.92 Å². The highest BCUT2D eigenvalue weighted by atomic mass is 16.3. The van der Waals surface area contributed by atoms with E-state index >= 15 is 0 Å². The molecule has 2 nitrogen and oxygen atoms in total. The lowest BCUT2D eigenvalue weighted by Crippen LogP contribution is -2.30. The van der Waals surface area contributed by atoms with Crippen molar-refractivity contribution < 1.29 is 9.90 Å². The maximum absolute atomic E-state index is 11.7. The van der Waals surface area contributed by atoms with Gasteiger partial charge in [0.15, 0.2) is 0 Å². The third kappa shape index (κ3) is 3.47. The largest absolute Gasteiger partial charge is 0.393 e. The first kappa shape index (κ1) is 12.6. The number of carbonyl (C=O) groups excluding carboxylic acids is 1. The summed E-state index contributed by atoms with van der Waals surface area (Å²) in [6.45, 7) is 9.59. The molecule has 78 valence electrons. The summed E-state index contributed by atoms with van der Waals surface area (Å²) in [4.78, 5) is 11.7. The van der Waals surface area contributed by atoms with Crippen molar-refractivity contribution in [1.29, 1.82) is 0 Å². The monoisotopic (exact) mass is 186 g/mol. The van der Waals surface area contributed by atoms with Gasteiger partial charge in [0.25, 0.3) is 0 Å². The zero-order valence-electron chi connectivity index (χ0n) is 9.37. The molecule has 0 aromatic heterocycles. The van der Waals surface area contributed by atoms with E-state index in [4.69, 9.17) is 0 Å². The van der Waals surface area contributed by atoms with E-state index in [0.717, 1.165) is 6.42 Å². The van der Waals surface area contributed by atoms with E-state index in [2.05, 4.69) is 13.8 Å². The van der Waals surface area contributed by atoms with Gasteiger partial charge in [-0.1, -0.05) is 34.1 Å². The smallest absolute Gasteiger partial charge is 0.141 e. The first-order valence-electron chi connectivity index (χ1n) is 5.13. The van der Waals surface area contributed by atoms with E-state index in [1.807, 2.05) is 6.92 Å². The van der Waals surface area contributed by atoms with Crippen LogP contribution in [0.3, 0.4) is 0 Å². The van der Waals surface area contributed by atoms with Crippen molar-refractivity contribution in [2.75, 3.05) is 0 Å². The minimum atomic E-state index is -0.529. The topological polar surface area (TPSA) is 37.3 Å². The van der Waals surface area contributed by atoms with Crippen molar-refractivity contribution in [1.82, 2.24) is 0 Å². The molecule has 0 amide bonds. The van der Waals surface area contributed by atoms with Gasteiger partial charge in [0.05, 0.1) is 6.10 Å². The van der Waals surface area contributed by atoms with Crippen molar-refractivity contribution in [3.05, 3.63) is 0 Å². The van der Waals surface area contributed by atoms with Gasteiger partial charge in [-0.05, 0) is 12.8 Å². The second-order valence-corrected chi connectivity index (χ2v) is 4.11. The number of hydrogen-bond donors (Lipinski definition) is 1. The number of aliphatic hydroxyl groups is 1. The second-order valence-electron chi connectivity index (χ2n) is 4.11. The lowest BCUT2D eigenvalue weighted by Gasteiger charge is -2.22. The Morgan fingerprint density at radius 1 is 1.15 bits per heavy atom. The quantitative estimate of drug-likeness (QED) is 0.715. The highest BCUT2D eigenvalue weighted by Gasteiger charge is 2.26. The Labute approximate surface area is 81.3 Å². The summed E-state index contributed by atoms with van der Waals surface area (Å²) in [5.74, 6) is 0.427. The molecule has 4 atom stereocenters. The lowest BCUT2D eigenvalue weighted by atomic mass is 9.83. The number of ketones is 1. The number of carbonyl (C=O) groups is 1. The maximum Gasteiger partial charge on any atom is 0.141 e. The Kier molecular flexibility index (Phi) is 5.23. The van der Waals surface area contributed by atoms with Crippen molar-refractivity contribution >= 4 is 5.78 Å². The van der Waals surface area contributed by atoms with E-state index in [1.54, 1.807) is 13.8 Å². The van der Waals surface area contributed by atoms with Crippen LogP contribution >= 0.6 is 0 Å². The fourth-order valence-corrected chi connectivity index (χ4v) is 1.29. The molecule has 0 rings (SSSR count). The Bertz CT molecular complexity index is 163. The molecule has 0 saturated carbocycles. The molecule has 0 radical (unpaired) electrons. The van der Waals surface area contributed by atoms with Crippen LogP contribution in [-0.4, -0.2) is 17.0 Å². The third-order valence-corrected chi connectivity index (χ3v) is 3.12. The number of rotatable bonds is 5. The predicted octanol–water partition coefficient (Wildman–Crippen LogP) is 2.25. The van der Waals surface area contributed by atoms with Crippen LogP contribution in [0.1, 0.15) is 41.0 Å². The summed E-state index contributed by atoms with van der Waals surface area (Å²) in [7, 11) is 0. The summed E-state index contributed by atoms with van der Waals surface area (Å²) in [6.07, 6.45) is 0.485. The highest BCUT2D eigenvalue weighted by Crippen LogP contribution is 2.20. The first-order chi connectivity index (χ1) is 5.91. The van der Waals surface area contributed by atoms with E-state index < -0.39 is 6.10 Å². The Morgan fingerprint density at radius 2 is 1.62 bits per heavy atom. The summed E-state index contributed by atoms with van der Waals surface area (Å²) >= 11 is 0. The molecule has 2 heteroatoms. The van der Waals surface area contributed by atoms with Crippen molar-refractivity contribution in [3.63, 3.8) is 0 Å². The Balaban J connectivity index is 4.25. The SMILES string of the molecule is CC[C@@H](C)[C@@H](C)C(=O)C(C)[C@H](C)O. The molecular weight excluding hydrogens is 164 g/mol. The molecule has 0 fully saturated rings. The molecule has 13 heavy (non-hydrogen) atoms. The normalized spacial score (nSPS) is 20.5. The second kappa shape index (κ2) is 5.38.